The third-order valence-corrected chi connectivity index (χ3v) is 4.20. The number of hydrogen-bond donors (Lipinski definition) is 0. The van der Waals surface area contributed by atoms with Crippen molar-refractivity contribution >= 4 is 0 Å². The van der Waals surface area contributed by atoms with E-state index in [1.54, 1.807) is 5.57 Å². The van der Waals surface area contributed by atoms with E-state index in [-0.39, 0.29) is 0 Å². The average Bonchev–Trinajstić information content (AvgIpc) is 2.76. The third kappa shape index (κ3) is 0.209. The van der Waals surface area contributed by atoms with Gasteiger partial charge >= 0.3 is 0 Å². The SMILES string of the molecule is COC12C3=CC4C(CC31)C42. The van der Waals surface area contributed by atoms with Crippen molar-refractivity contribution in [3.8, 4) is 0 Å². The molecule has 10 heavy (non-hydrogen) atoms. The minimum Gasteiger partial charge on any atom is -0.373 e. The zero-order valence-electron chi connectivity index (χ0n) is 6.00. The average molecular weight is 134 g/mol. The molecule has 0 aromatic heterocycles. The fraction of sp³-hybridized carbons (Fsp3) is 0.778. The van der Waals surface area contributed by atoms with Crippen molar-refractivity contribution in [1.82, 2.24) is 0 Å². The smallest absolute Gasteiger partial charge is 0.0994 e. The van der Waals surface area contributed by atoms with Crippen LogP contribution < -0.4 is 0 Å². The molecule has 0 saturated heterocycles. The first-order chi connectivity index (χ1) is 4.89. The van der Waals surface area contributed by atoms with Crippen molar-refractivity contribution in [3.63, 3.8) is 0 Å². The van der Waals surface area contributed by atoms with Crippen LogP contribution in [0.5, 0.6) is 0 Å². The molecule has 4 aliphatic rings. The van der Waals surface area contributed by atoms with Gasteiger partial charge in [-0.25, -0.2) is 0 Å². The van der Waals surface area contributed by atoms with Gasteiger partial charge in [0.05, 0.1) is 5.60 Å². The third-order valence-electron chi connectivity index (χ3n) is 4.20. The molecule has 0 N–H and O–H groups in total. The molecule has 0 bridgehead atoms. The molecule has 4 aliphatic carbocycles. The minimum absolute atomic E-state index is 0.329. The second-order valence-corrected chi connectivity index (χ2v) is 4.17. The maximum absolute atomic E-state index is 5.61. The number of hydrogen-bond acceptors (Lipinski definition) is 1. The molecule has 52 valence electrons. The first-order valence-electron chi connectivity index (χ1n) is 4.17. The highest BCUT2D eigenvalue weighted by Gasteiger charge is 2.84. The zero-order valence-corrected chi connectivity index (χ0v) is 6.00. The topological polar surface area (TPSA) is 9.23 Å². The minimum atomic E-state index is 0.329. The molecule has 0 heterocycles. The lowest BCUT2D eigenvalue weighted by Crippen LogP contribution is -2.14. The van der Waals surface area contributed by atoms with Gasteiger partial charge in [0, 0.05) is 18.9 Å². The predicted molar refractivity (Wildman–Crippen MR) is 36.4 cm³/mol. The molecule has 0 spiro atoms. The molecule has 3 fully saturated rings. The second-order valence-electron chi connectivity index (χ2n) is 4.17. The van der Waals surface area contributed by atoms with Crippen molar-refractivity contribution in [2.24, 2.45) is 23.7 Å². The van der Waals surface area contributed by atoms with Crippen molar-refractivity contribution in [1.29, 1.82) is 0 Å². The molecule has 1 nitrogen and oxygen atoms in total. The first-order valence-corrected chi connectivity index (χ1v) is 4.17. The van der Waals surface area contributed by atoms with Gasteiger partial charge < -0.3 is 4.74 Å². The van der Waals surface area contributed by atoms with Gasteiger partial charge in [0.25, 0.3) is 0 Å². The molecule has 0 radical (unpaired) electrons. The summed E-state index contributed by atoms with van der Waals surface area (Å²) in [6.07, 6.45) is 3.95. The van der Waals surface area contributed by atoms with E-state index in [0.717, 1.165) is 23.7 Å². The summed E-state index contributed by atoms with van der Waals surface area (Å²) in [6.45, 7) is 0. The lowest BCUT2D eigenvalue weighted by atomic mass is 10.1. The normalized spacial score (nSPS) is 71.5. The summed E-state index contributed by atoms with van der Waals surface area (Å²) in [5.74, 6) is 3.82. The van der Waals surface area contributed by atoms with E-state index in [0.29, 0.717) is 5.60 Å². The van der Waals surface area contributed by atoms with Gasteiger partial charge in [-0.1, -0.05) is 6.08 Å². The summed E-state index contributed by atoms with van der Waals surface area (Å²) >= 11 is 0. The van der Waals surface area contributed by atoms with Gasteiger partial charge in [-0.05, 0) is 23.8 Å². The van der Waals surface area contributed by atoms with Gasteiger partial charge in [-0.3, -0.25) is 0 Å². The summed E-state index contributed by atoms with van der Waals surface area (Å²) < 4.78 is 5.61. The molecule has 4 rings (SSSR count). The quantitative estimate of drug-likeness (QED) is 0.490. The Hall–Kier alpha value is -0.300. The molecular formula is C9H10O. The van der Waals surface area contributed by atoms with Gasteiger partial charge in [0.2, 0.25) is 0 Å². The van der Waals surface area contributed by atoms with Crippen LogP contribution in [0.2, 0.25) is 0 Å². The summed E-state index contributed by atoms with van der Waals surface area (Å²) in [5, 5.41) is 0. The summed E-state index contributed by atoms with van der Waals surface area (Å²) in [5.41, 5.74) is 1.99. The Morgan fingerprint density at radius 1 is 1.70 bits per heavy atom. The summed E-state index contributed by atoms with van der Waals surface area (Å²) in [7, 11) is 1.89. The van der Waals surface area contributed by atoms with Crippen molar-refractivity contribution in [3.05, 3.63) is 11.6 Å². The van der Waals surface area contributed by atoms with Crippen molar-refractivity contribution in [2.75, 3.05) is 7.11 Å². The predicted octanol–water partition coefficient (Wildman–Crippen LogP) is 1.21. The van der Waals surface area contributed by atoms with Crippen LogP contribution in [0.3, 0.4) is 0 Å². The molecule has 0 amide bonds. The maximum Gasteiger partial charge on any atom is 0.0994 e. The molecule has 0 aromatic rings. The second kappa shape index (κ2) is 0.918. The molecule has 5 atom stereocenters. The Bertz CT molecular complexity index is 268. The Balaban J connectivity index is 2.01. The number of ether oxygens (including phenoxy) is 1. The van der Waals surface area contributed by atoms with Gasteiger partial charge in [0.1, 0.15) is 0 Å². The summed E-state index contributed by atoms with van der Waals surface area (Å²) in [6, 6.07) is 0. The van der Waals surface area contributed by atoms with E-state index in [9.17, 15) is 0 Å². The van der Waals surface area contributed by atoms with Gasteiger partial charge in [0.15, 0.2) is 0 Å². The van der Waals surface area contributed by atoms with Crippen LogP contribution in [0.1, 0.15) is 6.42 Å². The highest BCUT2D eigenvalue weighted by Crippen LogP contribution is 2.84. The van der Waals surface area contributed by atoms with E-state index < -0.39 is 0 Å². The van der Waals surface area contributed by atoms with E-state index in [1.807, 2.05) is 7.11 Å². The van der Waals surface area contributed by atoms with Gasteiger partial charge in [-0.2, -0.15) is 0 Å². The van der Waals surface area contributed by atoms with Crippen LogP contribution in [-0.2, 0) is 4.74 Å². The fourth-order valence-electron chi connectivity index (χ4n) is 3.80. The van der Waals surface area contributed by atoms with E-state index >= 15 is 0 Å². The summed E-state index contributed by atoms with van der Waals surface area (Å²) in [4.78, 5) is 0. The Labute approximate surface area is 60.1 Å². The molecule has 5 unspecified atom stereocenters. The molecular weight excluding hydrogens is 124 g/mol. The van der Waals surface area contributed by atoms with Crippen LogP contribution in [0.4, 0.5) is 0 Å². The molecule has 3 saturated carbocycles. The fourth-order valence-corrected chi connectivity index (χ4v) is 3.80. The Morgan fingerprint density at radius 2 is 2.60 bits per heavy atom. The van der Waals surface area contributed by atoms with Crippen LogP contribution in [0.15, 0.2) is 11.6 Å². The lowest BCUT2D eigenvalue weighted by molar-refractivity contribution is 0.0665. The first kappa shape index (κ1) is 4.55. The Kier molecular flexibility index (Phi) is 0.418. The van der Waals surface area contributed by atoms with Gasteiger partial charge in [-0.15, -0.1) is 0 Å². The van der Waals surface area contributed by atoms with Crippen LogP contribution in [0, 0.1) is 23.7 Å². The number of allylic oxidation sites excluding steroid dienone is 1. The van der Waals surface area contributed by atoms with E-state index in [4.69, 9.17) is 4.74 Å². The standard InChI is InChI=1S/C9H10O/c1-10-9-6-2-4-5(8(4)9)3-7(6)9/h2,4-5,7-8H,3H2,1H3. The van der Waals surface area contributed by atoms with Crippen LogP contribution >= 0.6 is 0 Å². The molecule has 0 aromatic carbocycles. The number of methoxy groups -OCH3 is 1. The lowest BCUT2D eigenvalue weighted by Gasteiger charge is -2.08. The molecule has 0 aliphatic heterocycles. The van der Waals surface area contributed by atoms with E-state index in [1.165, 1.54) is 6.42 Å². The maximum atomic E-state index is 5.61. The van der Waals surface area contributed by atoms with E-state index in [2.05, 4.69) is 6.08 Å². The van der Waals surface area contributed by atoms with Crippen molar-refractivity contribution < 1.29 is 4.74 Å². The molecule has 1 heteroatoms. The Morgan fingerprint density at radius 3 is 2.80 bits per heavy atom. The zero-order chi connectivity index (χ0) is 6.51. The highest BCUT2D eigenvalue weighted by molar-refractivity contribution is 5.58. The van der Waals surface area contributed by atoms with Crippen molar-refractivity contribution in [2.45, 2.75) is 12.0 Å². The van der Waals surface area contributed by atoms with Crippen LogP contribution in [0.25, 0.3) is 0 Å². The number of rotatable bonds is 1. The highest BCUT2D eigenvalue weighted by atomic mass is 16.5. The van der Waals surface area contributed by atoms with Crippen LogP contribution in [-0.4, -0.2) is 12.7 Å². The number of fused-ring (bicyclic) bond motifs is 2. The largest absolute Gasteiger partial charge is 0.373 e. The monoisotopic (exact) mass is 134 g/mol.